The molecule has 1 heterocycles. The van der Waals surface area contributed by atoms with Crippen molar-refractivity contribution in [3.05, 3.63) is 65.7 Å². The molecular weight excluding hydrogens is 336 g/mol. The first-order valence-corrected chi connectivity index (χ1v) is 9.00. The van der Waals surface area contributed by atoms with Gasteiger partial charge in [0.05, 0.1) is 0 Å². The summed E-state index contributed by atoms with van der Waals surface area (Å²) in [6.45, 7) is 6.26. The lowest BCUT2D eigenvalue weighted by atomic mass is 10.1. The van der Waals surface area contributed by atoms with Gasteiger partial charge in [0, 0.05) is 11.3 Å². The van der Waals surface area contributed by atoms with Crippen molar-refractivity contribution in [1.29, 1.82) is 0 Å². The van der Waals surface area contributed by atoms with E-state index in [4.69, 9.17) is 0 Å². The van der Waals surface area contributed by atoms with Crippen molar-refractivity contribution in [3.8, 4) is 0 Å². The standard InChI is InChI=1S/C20H23F2N3O/c1-15(16-5-7-17(21)8-6-16)25-11-9-24(10-12-25)14-20(26)23-19-4-2-3-18(22)13-19/h2-8,13,15H,9-12,14H2,1H3,(H,23,26)/p+2/t15-/m0/s1. The normalized spacial score (nSPS) is 21.2. The highest BCUT2D eigenvalue weighted by molar-refractivity contribution is 5.91. The van der Waals surface area contributed by atoms with Gasteiger partial charge in [-0.05, 0) is 37.3 Å². The van der Waals surface area contributed by atoms with Crippen LogP contribution < -0.4 is 15.1 Å². The van der Waals surface area contributed by atoms with Crippen molar-refractivity contribution in [1.82, 2.24) is 0 Å². The Morgan fingerprint density at radius 2 is 1.73 bits per heavy atom. The maximum absolute atomic E-state index is 13.2. The molecule has 0 radical (unpaired) electrons. The van der Waals surface area contributed by atoms with Crippen molar-refractivity contribution in [2.24, 2.45) is 0 Å². The highest BCUT2D eigenvalue weighted by Gasteiger charge is 2.28. The topological polar surface area (TPSA) is 38.0 Å². The molecule has 1 saturated heterocycles. The zero-order valence-electron chi connectivity index (χ0n) is 14.9. The van der Waals surface area contributed by atoms with E-state index in [-0.39, 0.29) is 17.5 Å². The fourth-order valence-electron chi connectivity index (χ4n) is 3.52. The van der Waals surface area contributed by atoms with Crippen LogP contribution in [0.5, 0.6) is 0 Å². The number of hydrogen-bond acceptors (Lipinski definition) is 1. The highest BCUT2D eigenvalue weighted by atomic mass is 19.1. The molecule has 0 aromatic heterocycles. The first-order valence-electron chi connectivity index (χ1n) is 9.00. The maximum Gasteiger partial charge on any atom is 0.279 e. The summed E-state index contributed by atoms with van der Waals surface area (Å²) in [5.74, 6) is -0.669. The molecule has 3 N–H and O–H groups in total. The van der Waals surface area contributed by atoms with Crippen LogP contribution in [0, 0.1) is 11.6 Å². The summed E-state index contributed by atoms with van der Waals surface area (Å²) in [6, 6.07) is 12.9. The van der Waals surface area contributed by atoms with Gasteiger partial charge in [-0.25, -0.2) is 8.78 Å². The molecule has 0 aliphatic carbocycles. The molecule has 0 spiro atoms. The van der Waals surface area contributed by atoms with Crippen LogP contribution in [0.3, 0.4) is 0 Å². The molecule has 1 aliphatic heterocycles. The number of carbonyl (C=O) groups is 1. The van der Waals surface area contributed by atoms with Gasteiger partial charge >= 0.3 is 0 Å². The number of quaternary nitrogens is 2. The van der Waals surface area contributed by atoms with Crippen molar-refractivity contribution in [2.75, 3.05) is 38.0 Å². The molecule has 0 bridgehead atoms. The van der Waals surface area contributed by atoms with E-state index >= 15 is 0 Å². The van der Waals surface area contributed by atoms with E-state index in [0.29, 0.717) is 18.3 Å². The van der Waals surface area contributed by atoms with Gasteiger partial charge < -0.3 is 15.1 Å². The van der Waals surface area contributed by atoms with Gasteiger partial charge in [-0.3, -0.25) is 4.79 Å². The minimum absolute atomic E-state index is 0.0966. The number of rotatable bonds is 5. The third kappa shape index (κ3) is 4.86. The average Bonchev–Trinajstić information content (AvgIpc) is 2.62. The number of halogens is 2. The number of amides is 1. The third-order valence-corrected chi connectivity index (χ3v) is 5.10. The lowest BCUT2D eigenvalue weighted by molar-refractivity contribution is -1.02. The van der Waals surface area contributed by atoms with Crippen molar-refractivity contribution in [2.45, 2.75) is 13.0 Å². The molecule has 2 aromatic carbocycles. The molecule has 26 heavy (non-hydrogen) atoms. The van der Waals surface area contributed by atoms with Crippen molar-refractivity contribution < 1.29 is 23.4 Å². The molecule has 3 rings (SSSR count). The van der Waals surface area contributed by atoms with Crippen molar-refractivity contribution >= 4 is 11.6 Å². The van der Waals surface area contributed by atoms with E-state index in [1.807, 2.05) is 12.1 Å². The van der Waals surface area contributed by atoms with Gasteiger partial charge in [0.2, 0.25) is 0 Å². The van der Waals surface area contributed by atoms with Crippen LogP contribution in [0.15, 0.2) is 48.5 Å². The molecule has 138 valence electrons. The third-order valence-electron chi connectivity index (χ3n) is 5.10. The van der Waals surface area contributed by atoms with Crippen LogP contribution in [0.2, 0.25) is 0 Å². The summed E-state index contributed by atoms with van der Waals surface area (Å²) in [4.78, 5) is 14.8. The Morgan fingerprint density at radius 1 is 1.04 bits per heavy atom. The van der Waals surface area contributed by atoms with E-state index < -0.39 is 0 Å². The van der Waals surface area contributed by atoms with Gasteiger partial charge in [-0.2, -0.15) is 0 Å². The van der Waals surface area contributed by atoms with Crippen molar-refractivity contribution in [3.63, 3.8) is 0 Å². The molecule has 4 nitrogen and oxygen atoms in total. The minimum atomic E-state index is -0.359. The number of benzene rings is 2. The van der Waals surface area contributed by atoms with Crippen LogP contribution >= 0.6 is 0 Å². The fraction of sp³-hybridized carbons (Fsp3) is 0.350. The average molecular weight is 361 g/mol. The van der Waals surface area contributed by atoms with Crippen LogP contribution in [0.25, 0.3) is 0 Å². The molecule has 2 aromatic rings. The smallest absolute Gasteiger partial charge is 0.279 e. The Kier molecular flexibility index (Phi) is 5.96. The second-order valence-electron chi connectivity index (χ2n) is 6.92. The summed E-state index contributed by atoms with van der Waals surface area (Å²) >= 11 is 0. The first-order chi connectivity index (χ1) is 12.5. The Balaban J connectivity index is 1.47. The fourth-order valence-corrected chi connectivity index (χ4v) is 3.52. The van der Waals surface area contributed by atoms with Crippen LogP contribution in [-0.4, -0.2) is 38.6 Å². The molecule has 0 saturated carbocycles. The number of carbonyl (C=O) groups excluding carboxylic acids is 1. The largest absolute Gasteiger partial charge is 0.321 e. The number of piperazine rings is 1. The number of nitrogens with one attached hydrogen (secondary N) is 3. The minimum Gasteiger partial charge on any atom is -0.321 e. The zero-order valence-corrected chi connectivity index (χ0v) is 14.9. The van der Waals surface area contributed by atoms with Gasteiger partial charge in [-0.15, -0.1) is 0 Å². The van der Waals surface area contributed by atoms with Crippen LogP contribution in [0.4, 0.5) is 14.5 Å². The van der Waals surface area contributed by atoms with E-state index in [1.165, 1.54) is 34.1 Å². The quantitative estimate of drug-likeness (QED) is 0.711. The molecule has 1 amide bonds. The monoisotopic (exact) mass is 361 g/mol. The molecule has 1 aliphatic rings. The van der Waals surface area contributed by atoms with E-state index in [9.17, 15) is 13.6 Å². The highest BCUT2D eigenvalue weighted by Crippen LogP contribution is 2.10. The van der Waals surface area contributed by atoms with Gasteiger partial charge in [0.1, 0.15) is 43.9 Å². The lowest BCUT2D eigenvalue weighted by Gasteiger charge is -2.33. The lowest BCUT2D eigenvalue weighted by Crippen LogP contribution is -3.28. The van der Waals surface area contributed by atoms with E-state index in [2.05, 4.69) is 12.2 Å². The molecule has 1 fully saturated rings. The predicted octanol–water partition coefficient (Wildman–Crippen LogP) is 0.448. The predicted molar refractivity (Wildman–Crippen MR) is 96.1 cm³/mol. The summed E-state index contributed by atoms with van der Waals surface area (Å²) in [6.07, 6.45) is 0. The second kappa shape index (κ2) is 8.38. The van der Waals surface area contributed by atoms with E-state index in [1.54, 1.807) is 12.1 Å². The molecule has 6 heteroatoms. The molecule has 0 unspecified atom stereocenters. The summed E-state index contributed by atoms with van der Waals surface area (Å²) in [5, 5.41) is 2.75. The SMILES string of the molecule is C[C@@H](c1ccc(F)cc1)[NH+]1CC[NH+](CC(=O)Nc2cccc(F)c2)CC1. The summed E-state index contributed by atoms with van der Waals surface area (Å²) < 4.78 is 26.3. The van der Waals surface area contributed by atoms with Gasteiger partial charge in [0.15, 0.2) is 6.54 Å². The zero-order chi connectivity index (χ0) is 18.5. The van der Waals surface area contributed by atoms with Gasteiger partial charge in [-0.1, -0.05) is 18.2 Å². The van der Waals surface area contributed by atoms with Crippen LogP contribution in [0.1, 0.15) is 18.5 Å². The molecular formula is C20H25F2N3O+2. The van der Waals surface area contributed by atoms with Crippen LogP contribution in [-0.2, 0) is 4.79 Å². The Hall–Kier alpha value is -2.31. The Morgan fingerprint density at radius 3 is 2.38 bits per heavy atom. The second-order valence-corrected chi connectivity index (χ2v) is 6.92. The molecule has 1 atom stereocenters. The van der Waals surface area contributed by atoms with Gasteiger partial charge in [0.25, 0.3) is 5.91 Å². The first kappa shape index (κ1) is 18.5. The Labute approximate surface area is 152 Å². The maximum atomic E-state index is 13.2. The van der Waals surface area contributed by atoms with E-state index in [0.717, 1.165) is 31.7 Å². The summed E-state index contributed by atoms with van der Waals surface area (Å²) in [5.41, 5.74) is 1.62. The Bertz CT molecular complexity index is 743. The summed E-state index contributed by atoms with van der Waals surface area (Å²) in [7, 11) is 0. The number of anilines is 1. The number of hydrogen-bond donors (Lipinski definition) is 3.